The van der Waals surface area contributed by atoms with E-state index in [9.17, 15) is 4.39 Å². The predicted molar refractivity (Wildman–Crippen MR) is 105 cm³/mol. The van der Waals surface area contributed by atoms with Gasteiger partial charge in [0.15, 0.2) is 0 Å². The number of hydrogen-bond acceptors (Lipinski definition) is 3. The zero-order chi connectivity index (χ0) is 19.4. The summed E-state index contributed by atoms with van der Waals surface area (Å²) in [4.78, 5) is 12.9. The van der Waals surface area contributed by atoms with Crippen LogP contribution in [0.25, 0.3) is 28.0 Å². The fraction of sp³-hybridized carbons (Fsp3) is 0.0476. The second-order valence-electron chi connectivity index (χ2n) is 5.87. The summed E-state index contributed by atoms with van der Waals surface area (Å²) in [5.41, 5.74) is 5.21. The summed E-state index contributed by atoms with van der Waals surface area (Å²) < 4.78 is 17.0. The number of pyridine rings is 1. The molecule has 0 spiro atoms. The first kappa shape index (κ1) is 22.9. The van der Waals surface area contributed by atoms with Gasteiger partial charge in [0.05, 0.1) is 5.69 Å². The van der Waals surface area contributed by atoms with Crippen LogP contribution in [0.5, 0.6) is 0 Å². The molecule has 2 aromatic heterocycles. The van der Waals surface area contributed by atoms with Crippen LogP contribution in [0.3, 0.4) is 0 Å². The van der Waals surface area contributed by atoms with Gasteiger partial charge in [-0.1, -0.05) is 46.3 Å². The number of nitrogens with zero attached hydrogens (tertiary/aromatic N) is 2. The topological polar surface area (TPSA) is 57.4 Å². The van der Waals surface area contributed by atoms with E-state index in [1.165, 1.54) is 6.07 Å². The van der Waals surface area contributed by atoms with Crippen molar-refractivity contribution in [2.45, 2.75) is 6.92 Å². The number of rotatable bonds is 2. The van der Waals surface area contributed by atoms with E-state index in [2.05, 4.69) is 34.1 Å². The van der Waals surface area contributed by atoms with Crippen molar-refractivity contribution in [3.8, 4) is 22.4 Å². The van der Waals surface area contributed by atoms with E-state index in [1.54, 1.807) is 6.07 Å². The molecule has 2 heterocycles. The van der Waals surface area contributed by atoms with Crippen LogP contribution >= 0.6 is 15.9 Å². The smallest absolute Gasteiger partial charge is 0.554 e. The first-order valence-corrected chi connectivity index (χ1v) is 8.88. The molecule has 4 nitrogen and oxygen atoms in total. The number of hydrogen-bond donors (Lipinski definition) is 0. The summed E-state index contributed by atoms with van der Waals surface area (Å²) in [6, 6.07) is 17.3. The monoisotopic (exact) mass is 464 g/mol. The quantitative estimate of drug-likeness (QED) is 0.331. The molecular formula is C21H15BrFKN2O2. The molecular weight excluding hydrogens is 450 g/mol. The largest absolute Gasteiger partial charge is 1.00 e. The van der Waals surface area contributed by atoms with Crippen LogP contribution in [0.2, 0.25) is 0 Å². The predicted octanol–water partition coefficient (Wildman–Crippen LogP) is 1.25. The van der Waals surface area contributed by atoms with Gasteiger partial charge in [-0.25, -0.2) is 9.37 Å². The molecule has 0 fully saturated rings. The number of aryl methyl sites for hydroxylation is 1. The van der Waals surface area contributed by atoms with Crippen molar-refractivity contribution >= 4 is 28.0 Å². The van der Waals surface area contributed by atoms with Gasteiger partial charge in [0.2, 0.25) is 0 Å². The Labute approximate surface area is 213 Å². The molecule has 0 saturated carbocycles. The van der Waals surface area contributed by atoms with Crippen LogP contribution in [0.1, 0.15) is 5.56 Å². The van der Waals surface area contributed by atoms with E-state index in [0.717, 1.165) is 22.3 Å². The number of benzene rings is 2. The van der Waals surface area contributed by atoms with E-state index < -0.39 is 6.47 Å². The van der Waals surface area contributed by atoms with Crippen LogP contribution in [-0.4, -0.2) is 15.9 Å². The van der Waals surface area contributed by atoms with Gasteiger partial charge in [-0.2, -0.15) is 0 Å². The van der Waals surface area contributed by atoms with Gasteiger partial charge in [-0.15, -0.1) is 0 Å². The first-order valence-electron chi connectivity index (χ1n) is 8.09. The maximum Gasteiger partial charge on any atom is 1.00 e. The van der Waals surface area contributed by atoms with E-state index in [-0.39, 0.29) is 57.2 Å². The van der Waals surface area contributed by atoms with Gasteiger partial charge in [0.25, 0.3) is 0 Å². The maximum absolute atomic E-state index is 14.3. The van der Waals surface area contributed by atoms with E-state index in [4.69, 9.17) is 14.9 Å². The average Bonchev–Trinajstić information content (AvgIpc) is 3.06. The van der Waals surface area contributed by atoms with E-state index in [1.807, 2.05) is 48.0 Å². The summed E-state index contributed by atoms with van der Waals surface area (Å²) in [6.45, 7) is 1.55. The first-order chi connectivity index (χ1) is 13.0. The summed E-state index contributed by atoms with van der Waals surface area (Å²) in [5, 5.41) is 8.25. The van der Waals surface area contributed by atoms with Crippen LogP contribution in [0.4, 0.5) is 4.39 Å². The van der Waals surface area contributed by atoms with Crippen molar-refractivity contribution in [1.29, 1.82) is 0 Å². The van der Waals surface area contributed by atoms with Crippen LogP contribution in [0, 0.1) is 12.7 Å². The minimum Gasteiger partial charge on any atom is -0.554 e. The number of fused-ring (bicyclic) bond motifs is 1. The van der Waals surface area contributed by atoms with Gasteiger partial charge >= 0.3 is 51.4 Å². The number of carbonyl (C=O) groups excluding carboxylic acids is 1. The Morgan fingerprint density at radius 2 is 1.75 bits per heavy atom. The van der Waals surface area contributed by atoms with Crippen LogP contribution in [-0.2, 0) is 4.79 Å². The fourth-order valence-corrected chi connectivity index (χ4v) is 3.23. The molecule has 0 radical (unpaired) electrons. The summed E-state index contributed by atoms with van der Waals surface area (Å²) in [6.07, 6.45) is 3.89. The van der Waals surface area contributed by atoms with Crippen molar-refractivity contribution in [2.75, 3.05) is 0 Å². The van der Waals surface area contributed by atoms with E-state index >= 15 is 0 Å². The van der Waals surface area contributed by atoms with Crippen molar-refractivity contribution in [1.82, 2.24) is 9.38 Å². The number of halogens is 2. The van der Waals surface area contributed by atoms with Gasteiger partial charge < -0.3 is 14.3 Å². The minimum absolute atomic E-state index is 0. The standard InChI is InChI=1S/C20H14BrFN2.CH2O2.K/c1-13-9-17(14-5-3-2-4-6-14)20-23-19(12-24(20)11-13)16-8-7-15(21)10-18(16)22;2-1-3;/h2-12H,1H3;1H,(H,2,3);/q;;+1/p-1. The van der Waals surface area contributed by atoms with Crippen LogP contribution in [0.15, 0.2) is 71.5 Å². The Hall–Kier alpha value is -1.35. The second kappa shape index (κ2) is 10.4. The molecule has 0 aliphatic carbocycles. The fourth-order valence-electron chi connectivity index (χ4n) is 2.90. The molecule has 0 unspecified atom stereocenters. The molecule has 0 atom stereocenters. The molecule has 0 aliphatic heterocycles. The Kier molecular flexibility index (Phi) is 8.54. The Morgan fingerprint density at radius 1 is 1.07 bits per heavy atom. The van der Waals surface area contributed by atoms with Crippen molar-refractivity contribution in [3.63, 3.8) is 0 Å². The molecule has 7 heteroatoms. The Balaban J connectivity index is 0.000000660. The molecule has 0 aliphatic rings. The molecule has 28 heavy (non-hydrogen) atoms. The van der Waals surface area contributed by atoms with E-state index in [0.29, 0.717) is 15.7 Å². The third kappa shape index (κ3) is 5.17. The van der Waals surface area contributed by atoms with Crippen LogP contribution < -0.4 is 56.5 Å². The zero-order valence-corrected chi connectivity index (χ0v) is 20.1. The SMILES string of the molecule is Cc1cc(-c2ccccc2)c2nc(-c3ccc(Br)cc3F)cn2c1.O=C[O-].[K+]. The van der Waals surface area contributed by atoms with Crippen molar-refractivity contribution in [2.24, 2.45) is 0 Å². The number of carbonyl (C=O) groups is 1. The molecule has 2 aromatic carbocycles. The number of imidazole rings is 1. The van der Waals surface area contributed by atoms with Gasteiger partial charge in [0, 0.05) is 34.5 Å². The summed E-state index contributed by atoms with van der Waals surface area (Å²) >= 11 is 3.29. The number of carboxylic acid groups (broad SMARTS) is 1. The van der Waals surface area contributed by atoms with Gasteiger partial charge in [-0.05, 0) is 42.3 Å². The second-order valence-corrected chi connectivity index (χ2v) is 6.79. The van der Waals surface area contributed by atoms with Gasteiger partial charge in [0.1, 0.15) is 11.5 Å². The normalized spacial score (nSPS) is 9.96. The molecule has 0 amide bonds. The molecule has 136 valence electrons. The molecule has 0 bridgehead atoms. The zero-order valence-electron chi connectivity index (χ0n) is 15.4. The third-order valence-electron chi connectivity index (χ3n) is 3.98. The van der Waals surface area contributed by atoms with Crippen molar-refractivity contribution in [3.05, 3.63) is 82.8 Å². The molecule has 4 aromatic rings. The number of aromatic nitrogens is 2. The molecule has 0 N–H and O–H groups in total. The van der Waals surface area contributed by atoms with Gasteiger partial charge in [-0.3, -0.25) is 0 Å². The Bertz CT molecular complexity index is 1100. The van der Waals surface area contributed by atoms with Crippen molar-refractivity contribution < 1.29 is 65.7 Å². The summed E-state index contributed by atoms with van der Waals surface area (Å²) in [7, 11) is 0. The minimum atomic E-state index is -0.500. The molecule has 4 rings (SSSR count). The average molecular weight is 465 g/mol. The third-order valence-corrected chi connectivity index (χ3v) is 4.47. The Morgan fingerprint density at radius 3 is 2.39 bits per heavy atom. The molecule has 0 saturated heterocycles. The maximum atomic E-state index is 14.3. The summed E-state index contributed by atoms with van der Waals surface area (Å²) in [5.74, 6) is -0.286.